The minimum Gasteiger partial charge on any atom is -0.379 e. The number of benzene rings is 1. The van der Waals surface area contributed by atoms with Gasteiger partial charge in [-0.05, 0) is 37.1 Å². The first-order valence-corrected chi connectivity index (χ1v) is 13.3. The van der Waals surface area contributed by atoms with Crippen LogP contribution in [-0.2, 0) is 29.6 Å². The van der Waals surface area contributed by atoms with Crippen LogP contribution >= 0.6 is 0 Å². The van der Waals surface area contributed by atoms with Gasteiger partial charge in [0.15, 0.2) is 0 Å². The molecular formula is C19H28N4O6S2. The molecule has 3 aliphatic rings. The molecule has 31 heavy (non-hydrogen) atoms. The summed E-state index contributed by atoms with van der Waals surface area (Å²) in [6, 6.07) is 5.69. The van der Waals surface area contributed by atoms with Crippen molar-refractivity contribution < 1.29 is 26.4 Å². The highest BCUT2D eigenvalue weighted by atomic mass is 32.2. The lowest BCUT2D eigenvalue weighted by Gasteiger charge is -2.33. The Bertz CT molecular complexity index is 994. The molecule has 2 saturated heterocycles. The van der Waals surface area contributed by atoms with E-state index in [4.69, 9.17) is 4.74 Å². The molecule has 4 rings (SSSR count). The van der Waals surface area contributed by atoms with E-state index >= 15 is 0 Å². The highest BCUT2D eigenvalue weighted by Crippen LogP contribution is 2.22. The average Bonchev–Trinajstić information content (AvgIpc) is 3.58. The van der Waals surface area contributed by atoms with Crippen LogP contribution in [0.5, 0.6) is 0 Å². The van der Waals surface area contributed by atoms with Gasteiger partial charge in [-0.25, -0.2) is 16.8 Å². The number of hydrogen-bond acceptors (Lipinski definition) is 7. The van der Waals surface area contributed by atoms with Crippen molar-refractivity contribution in [3.8, 4) is 0 Å². The quantitative estimate of drug-likeness (QED) is 0.557. The van der Waals surface area contributed by atoms with Gasteiger partial charge >= 0.3 is 0 Å². The summed E-state index contributed by atoms with van der Waals surface area (Å²) in [5.41, 5.74) is 0. The lowest BCUT2D eigenvalue weighted by molar-refractivity contribution is -0.122. The second-order valence-corrected chi connectivity index (χ2v) is 11.9. The molecule has 2 aliphatic heterocycles. The molecule has 0 spiro atoms. The van der Waals surface area contributed by atoms with E-state index in [9.17, 15) is 21.6 Å². The van der Waals surface area contributed by atoms with Crippen LogP contribution in [0.1, 0.15) is 12.8 Å². The molecule has 3 fully saturated rings. The van der Waals surface area contributed by atoms with Crippen molar-refractivity contribution in [2.45, 2.75) is 28.7 Å². The molecule has 0 radical (unpaired) electrons. The van der Waals surface area contributed by atoms with E-state index in [1.165, 1.54) is 32.9 Å². The molecule has 1 aromatic carbocycles. The fraction of sp³-hybridized carbons (Fsp3) is 0.632. The largest absolute Gasteiger partial charge is 0.379 e. The van der Waals surface area contributed by atoms with Gasteiger partial charge in [0.1, 0.15) is 0 Å². The summed E-state index contributed by atoms with van der Waals surface area (Å²) >= 11 is 0. The molecule has 0 unspecified atom stereocenters. The monoisotopic (exact) mass is 472 g/mol. The van der Waals surface area contributed by atoms with Crippen molar-refractivity contribution >= 4 is 26.0 Å². The van der Waals surface area contributed by atoms with Gasteiger partial charge in [-0.2, -0.15) is 8.61 Å². The van der Waals surface area contributed by atoms with Crippen LogP contribution in [0.15, 0.2) is 34.1 Å². The zero-order chi connectivity index (χ0) is 22.1. The van der Waals surface area contributed by atoms with Crippen LogP contribution in [0, 0.1) is 0 Å². The number of sulfonamides is 2. The van der Waals surface area contributed by atoms with Gasteiger partial charge in [-0.1, -0.05) is 0 Å². The summed E-state index contributed by atoms with van der Waals surface area (Å²) in [5, 5.41) is 2.94. The smallest absolute Gasteiger partial charge is 0.243 e. The maximum Gasteiger partial charge on any atom is 0.243 e. The number of piperazine rings is 1. The molecule has 10 nitrogen and oxygen atoms in total. The summed E-state index contributed by atoms with van der Waals surface area (Å²) in [6.07, 6.45) is 2.06. The number of hydrogen-bond donors (Lipinski definition) is 1. The predicted octanol–water partition coefficient (Wildman–Crippen LogP) is -0.708. The van der Waals surface area contributed by atoms with Crippen molar-refractivity contribution in [1.29, 1.82) is 0 Å². The van der Waals surface area contributed by atoms with Gasteiger partial charge < -0.3 is 10.1 Å². The summed E-state index contributed by atoms with van der Waals surface area (Å²) in [5.74, 6) is -0.0177. The number of rotatable bonds is 7. The Morgan fingerprint density at radius 2 is 1.32 bits per heavy atom. The standard InChI is InChI=1S/C19H28N4O6S2/c24-19(20-16-1-2-16)15-21-7-9-22(10-8-21)30(25,26)17-3-5-18(6-4-17)31(27,28)23-11-13-29-14-12-23/h3-6,16H,1-2,7-15H2,(H,20,24). The third-order valence-corrected chi connectivity index (χ3v) is 9.54. The first-order valence-electron chi connectivity index (χ1n) is 10.5. The minimum absolute atomic E-state index is 0.0177. The van der Waals surface area contributed by atoms with Crippen LogP contribution in [-0.4, -0.2) is 101 Å². The predicted molar refractivity (Wildman–Crippen MR) is 112 cm³/mol. The second-order valence-electron chi connectivity index (χ2n) is 8.01. The van der Waals surface area contributed by atoms with E-state index in [0.717, 1.165) is 12.8 Å². The molecule has 1 amide bonds. The topological polar surface area (TPSA) is 116 Å². The first kappa shape index (κ1) is 22.6. The Kier molecular flexibility index (Phi) is 6.65. The second kappa shape index (κ2) is 9.12. The fourth-order valence-electron chi connectivity index (χ4n) is 3.70. The first-order chi connectivity index (χ1) is 14.8. The normalized spacial score (nSPS) is 22.3. The summed E-state index contributed by atoms with van der Waals surface area (Å²) in [6.45, 7) is 3.05. The van der Waals surface area contributed by atoms with Crippen LogP contribution in [0.3, 0.4) is 0 Å². The summed E-state index contributed by atoms with van der Waals surface area (Å²) < 4.78 is 59.3. The Morgan fingerprint density at radius 1 is 0.839 bits per heavy atom. The zero-order valence-corrected chi connectivity index (χ0v) is 18.9. The number of nitrogens with one attached hydrogen (secondary N) is 1. The Morgan fingerprint density at radius 3 is 1.81 bits per heavy atom. The van der Waals surface area contributed by atoms with Gasteiger partial charge in [0, 0.05) is 45.3 Å². The van der Waals surface area contributed by atoms with Crippen molar-refractivity contribution in [3.63, 3.8) is 0 Å². The maximum atomic E-state index is 13.0. The van der Waals surface area contributed by atoms with Crippen molar-refractivity contribution in [2.75, 3.05) is 59.0 Å². The number of carbonyl (C=O) groups is 1. The zero-order valence-electron chi connectivity index (χ0n) is 17.3. The van der Waals surface area contributed by atoms with E-state index in [2.05, 4.69) is 5.32 Å². The third kappa shape index (κ3) is 5.26. The molecule has 0 aromatic heterocycles. The van der Waals surface area contributed by atoms with E-state index in [1.807, 2.05) is 4.90 Å². The molecule has 12 heteroatoms. The number of morpholine rings is 1. The number of amides is 1. The van der Waals surface area contributed by atoms with Crippen molar-refractivity contribution in [1.82, 2.24) is 18.8 Å². The van der Waals surface area contributed by atoms with Crippen molar-refractivity contribution in [3.05, 3.63) is 24.3 Å². The lowest BCUT2D eigenvalue weighted by Crippen LogP contribution is -2.51. The van der Waals surface area contributed by atoms with Gasteiger partial charge in [0.25, 0.3) is 0 Å². The van der Waals surface area contributed by atoms with E-state index in [0.29, 0.717) is 32.3 Å². The van der Waals surface area contributed by atoms with Crippen LogP contribution < -0.4 is 5.32 Å². The fourth-order valence-corrected chi connectivity index (χ4v) is 6.53. The Hall–Kier alpha value is -1.57. The molecule has 1 saturated carbocycles. The van der Waals surface area contributed by atoms with Crippen molar-refractivity contribution in [2.24, 2.45) is 0 Å². The highest BCUT2D eigenvalue weighted by molar-refractivity contribution is 7.89. The lowest BCUT2D eigenvalue weighted by atomic mass is 10.3. The third-order valence-electron chi connectivity index (χ3n) is 5.71. The van der Waals surface area contributed by atoms with Crippen LogP contribution in [0.4, 0.5) is 0 Å². The molecule has 172 valence electrons. The Balaban J connectivity index is 1.37. The number of nitrogens with zero attached hydrogens (tertiary/aromatic N) is 3. The summed E-state index contributed by atoms with van der Waals surface area (Å²) in [7, 11) is -7.40. The Labute approximate surface area is 183 Å². The van der Waals surface area contributed by atoms with Crippen LogP contribution in [0.25, 0.3) is 0 Å². The number of ether oxygens (including phenoxy) is 1. The molecular weight excluding hydrogens is 444 g/mol. The molecule has 0 bridgehead atoms. The molecule has 1 N–H and O–H groups in total. The van der Waals surface area contributed by atoms with Gasteiger partial charge in [-0.15, -0.1) is 0 Å². The van der Waals surface area contributed by atoms with Gasteiger partial charge in [0.2, 0.25) is 26.0 Å². The molecule has 0 atom stereocenters. The highest BCUT2D eigenvalue weighted by Gasteiger charge is 2.31. The molecule has 1 aliphatic carbocycles. The van der Waals surface area contributed by atoms with E-state index in [1.54, 1.807) is 0 Å². The number of carbonyl (C=O) groups excluding carboxylic acids is 1. The molecule has 2 heterocycles. The van der Waals surface area contributed by atoms with Gasteiger partial charge in [-0.3, -0.25) is 9.69 Å². The van der Waals surface area contributed by atoms with E-state index < -0.39 is 20.0 Å². The van der Waals surface area contributed by atoms with E-state index in [-0.39, 0.29) is 48.4 Å². The average molecular weight is 473 g/mol. The SMILES string of the molecule is O=C(CN1CCN(S(=O)(=O)c2ccc(S(=O)(=O)N3CCOCC3)cc2)CC1)NC1CC1. The minimum atomic E-state index is -3.73. The van der Waals surface area contributed by atoms with Gasteiger partial charge in [0.05, 0.1) is 29.5 Å². The van der Waals surface area contributed by atoms with Crippen LogP contribution in [0.2, 0.25) is 0 Å². The molecule has 1 aromatic rings. The maximum absolute atomic E-state index is 13.0. The summed E-state index contributed by atoms with van der Waals surface area (Å²) in [4.78, 5) is 14.0.